The average Bonchev–Trinajstić information content (AvgIpc) is 2.21. The Kier molecular flexibility index (Phi) is 3.01. The van der Waals surface area contributed by atoms with Crippen LogP contribution in [0.15, 0.2) is 0 Å². The second kappa shape index (κ2) is 3.50. The van der Waals surface area contributed by atoms with E-state index in [0.717, 1.165) is 0 Å². The minimum Gasteiger partial charge on any atom is -0.343 e. The number of halogens is 1. The Morgan fingerprint density at radius 3 is 2.36 bits per heavy atom. The van der Waals surface area contributed by atoms with Crippen molar-refractivity contribution in [2.75, 3.05) is 0 Å². The summed E-state index contributed by atoms with van der Waals surface area (Å²) >= 11 is 5.89. The SMILES string of the molecule is CC1OC(C)(C)N(C(C)(C)[Si]Cl)C1=O. The van der Waals surface area contributed by atoms with Crippen LogP contribution in [-0.4, -0.2) is 36.6 Å². The maximum Gasteiger partial charge on any atom is 0.254 e. The van der Waals surface area contributed by atoms with E-state index in [0.29, 0.717) is 0 Å². The van der Waals surface area contributed by atoms with E-state index in [9.17, 15) is 4.79 Å². The Hall–Kier alpha value is -0.0631. The molecule has 0 aromatic rings. The van der Waals surface area contributed by atoms with Crippen molar-refractivity contribution < 1.29 is 9.53 Å². The lowest BCUT2D eigenvalue weighted by Gasteiger charge is -2.41. The van der Waals surface area contributed by atoms with Gasteiger partial charge in [0.2, 0.25) is 8.83 Å². The molecule has 0 aromatic carbocycles. The number of hydrogen-bond acceptors (Lipinski definition) is 2. The number of ether oxygens (including phenoxy) is 1. The smallest absolute Gasteiger partial charge is 0.254 e. The molecule has 1 aliphatic rings. The summed E-state index contributed by atoms with van der Waals surface area (Å²) in [5.74, 6) is 0.0214. The second-order valence-electron chi connectivity index (χ2n) is 4.53. The summed E-state index contributed by atoms with van der Waals surface area (Å²) in [5.41, 5.74) is -0.554. The van der Waals surface area contributed by atoms with Crippen LogP contribution in [-0.2, 0) is 9.53 Å². The molecule has 5 heteroatoms. The van der Waals surface area contributed by atoms with Gasteiger partial charge in [0.15, 0.2) is 0 Å². The highest BCUT2D eigenvalue weighted by molar-refractivity contribution is 6.95. The van der Waals surface area contributed by atoms with E-state index in [-0.39, 0.29) is 26.0 Å². The summed E-state index contributed by atoms with van der Waals surface area (Å²) in [7, 11) is 0.158. The van der Waals surface area contributed by atoms with Gasteiger partial charge in [-0.1, -0.05) is 0 Å². The van der Waals surface area contributed by atoms with E-state index in [4.69, 9.17) is 15.8 Å². The van der Waals surface area contributed by atoms with Crippen LogP contribution in [0.25, 0.3) is 0 Å². The minimum atomic E-state index is -0.554. The quantitative estimate of drug-likeness (QED) is 0.535. The molecule has 1 aliphatic heterocycles. The molecule has 0 saturated carbocycles. The third-order valence-corrected chi connectivity index (χ3v) is 4.44. The third kappa shape index (κ3) is 1.83. The highest BCUT2D eigenvalue weighted by Gasteiger charge is 2.50. The second-order valence-corrected chi connectivity index (χ2v) is 6.51. The molecule has 14 heavy (non-hydrogen) atoms. The maximum absolute atomic E-state index is 11.9. The number of hydrogen-bond donors (Lipinski definition) is 0. The van der Waals surface area contributed by atoms with Crippen LogP contribution in [0.5, 0.6) is 0 Å². The van der Waals surface area contributed by atoms with E-state index in [2.05, 4.69) is 0 Å². The fraction of sp³-hybridized carbons (Fsp3) is 0.889. The zero-order valence-corrected chi connectivity index (χ0v) is 11.0. The van der Waals surface area contributed by atoms with Crippen LogP contribution >= 0.6 is 11.1 Å². The van der Waals surface area contributed by atoms with Gasteiger partial charge in [0, 0.05) is 5.16 Å². The lowest BCUT2D eigenvalue weighted by atomic mass is 10.2. The summed E-state index contributed by atoms with van der Waals surface area (Å²) in [6, 6.07) is 0. The van der Waals surface area contributed by atoms with E-state index in [1.165, 1.54) is 0 Å². The molecule has 0 spiro atoms. The van der Waals surface area contributed by atoms with Gasteiger partial charge in [-0.3, -0.25) is 4.79 Å². The molecule has 1 unspecified atom stereocenters. The van der Waals surface area contributed by atoms with Crippen LogP contribution in [0.1, 0.15) is 34.6 Å². The van der Waals surface area contributed by atoms with Gasteiger partial charge in [0.25, 0.3) is 5.91 Å². The summed E-state index contributed by atoms with van der Waals surface area (Å²) in [6.07, 6.45) is -0.364. The Morgan fingerprint density at radius 1 is 1.57 bits per heavy atom. The standard InChI is InChI=1S/C9H16ClNO2Si/c1-6-7(12)11(8(2,3)13-6)9(4,5)14-10/h6H,1-5H3. The molecule has 0 bridgehead atoms. The van der Waals surface area contributed by atoms with Crippen molar-refractivity contribution in [1.29, 1.82) is 0 Å². The van der Waals surface area contributed by atoms with Gasteiger partial charge in [0.05, 0.1) is 0 Å². The molecular weight excluding hydrogens is 218 g/mol. The first kappa shape index (κ1) is 12.0. The highest BCUT2D eigenvalue weighted by Crippen LogP contribution is 2.34. The fourth-order valence-corrected chi connectivity index (χ4v) is 2.69. The van der Waals surface area contributed by atoms with Gasteiger partial charge < -0.3 is 9.64 Å². The molecule has 0 aromatic heterocycles. The minimum absolute atomic E-state index is 0.0214. The first-order chi connectivity index (χ1) is 6.22. The van der Waals surface area contributed by atoms with Gasteiger partial charge in [-0.05, 0) is 34.6 Å². The summed E-state index contributed by atoms with van der Waals surface area (Å²) in [5, 5.41) is -0.340. The van der Waals surface area contributed by atoms with E-state index < -0.39 is 5.72 Å². The van der Waals surface area contributed by atoms with Crippen LogP contribution in [0.4, 0.5) is 0 Å². The molecule has 1 fully saturated rings. The molecule has 1 rings (SSSR count). The van der Waals surface area contributed by atoms with Crippen molar-refractivity contribution in [3.8, 4) is 0 Å². The third-order valence-electron chi connectivity index (χ3n) is 2.36. The first-order valence-electron chi connectivity index (χ1n) is 4.62. The number of carbonyl (C=O) groups is 1. The van der Waals surface area contributed by atoms with Crippen LogP contribution in [0.2, 0.25) is 0 Å². The van der Waals surface area contributed by atoms with Crippen molar-refractivity contribution >= 4 is 25.8 Å². The van der Waals surface area contributed by atoms with Gasteiger partial charge in [-0.15, -0.1) is 0 Å². The lowest BCUT2D eigenvalue weighted by molar-refractivity contribution is -0.135. The number of nitrogens with zero attached hydrogens (tertiary/aromatic N) is 1. The van der Waals surface area contributed by atoms with Gasteiger partial charge in [0.1, 0.15) is 11.8 Å². The zero-order chi connectivity index (χ0) is 11.1. The van der Waals surface area contributed by atoms with E-state index in [1.807, 2.05) is 27.7 Å². The Labute approximate surface area is 92.3 Å². The molecule has 0 aliphatic carbocycles. The number of rotatable bonds is 2. The first-order valence-corrected chi connectivity index (χ1v) is 6.63. The fourth-order valence-electron chi connectivity index (χ4n) is 1.97. The molecule has 80 valence electrons. The van der Waals surface area contributed by atoms with Crippen molar-refractivity contribution in [1.82, 2.24) is 4.90 Å². The van der Waals surface area contributed by atoms with Crippen LogP contribution in [0, 0.1) is 0 Å². The topological polar surface area (TPSA) is 29.5 Å². The van der Waals surface area contributed by atoms with E-state index in [1.54, 1.807) is 11.8 Å². The van der Waals surface area contributed by atoms with Crippen LogP contribution in [0.3, 0.4) is 0 Å². The largest absolute Gasteiger partial charge is 0.343 e. The van der Waals surface area contributed by atoms with Gasteiger partial charge in [-0.2, -0.15) is 11.1 Å². The van der Waals surface area contributed by atoms with Crippen molar-refractivity contribution in [2.24, 2.45) is 0 Å². The summed E-state index contributed by atoms with van der Waals surface area (Å²) in [4.78, 5) is 13.6. The Bertz CT molecular complexity index is 247. The average molecular weight is 234 g/mol. The molecule has 0 N–H and O–H groups in total. The molecule has 1 amide bonds. The van der Waals surface area contributed by atoms with Gasteiger partial charge in [-0.25, -0.2) is 0 Å². The summed E-state index contributed by atoms with van der Waals surface area (Å²) < 4.78 is 5.58. The molecule has 3 nitrogen and oxygen atoms in total. The highest BCUT2D eigenvalue weighted by atomic mass is 35.6. The molecular formula is C9H16ClNO2Si. The predicted molar refractivity (Wildman–Crippen MR) is 57.2 cm³/mol. The molecule has 1 atom stereocenters. The summed E-state index contributed by atoms with van der Waals surface area (Å²) in [6.45, 7) is 9.48. The maximum atomic E-state index is 11.9. The van der Waals surface area contributed by atoms with Crippen molar-refractivity contribution in [3.05, 3.63) is 0 Å². The van der Waals surface area contributed by atoms with E-state index >= 15 is 0 Å². The lowest BCUT2D eigenvalue weighted by Crippen LogP contribution is -2.56. The van der Waals surface area contributed by atoms with Gasteiger partial charge >= 0.3 is 0 Å². The van der Waals surface area contributed by atoms with Crippen LogP contribution < -0.4 is 0 Å². The number of amides is 1. The van der Waals surface area contributed by atoms with Crippen molar-refractivity contribution in [3.63, 3.8) is 0 Å². The molecule has 1 saturated heterocycles. The van der Waals surface area contributed by atoms with Crippen molar-refractivity contribution in [2.45, 2.75) is 51.6 Å². The Morgan fingerprint density at radius 2 is 2.07 bits per heavy atom. The Balaban J connectivity index is 3.02. The predicted octanol–water partition coefficient (Wildman–Crippen LogP) is 1.56. The monoisotopic (exact) mass is 233 g/mol. The molecule has 1 heterocycles. The molecule has 2 radical (unpaired) electrons. The number of carbonyl (C=O) groups excluding carboxylic acids is 1. The normalized spacial score (nSPS) is 27.1. The zero-order valence-electron chi connectivity index (χ0n) is 9.22.